The van der Waals surface area contributed by atoms with Gasteiger partial charge in [0, 0.05) is 24.5 Å². The number of hydrogen-bond donors (Lipinski definition) is 1. The Kier molecular flexibility index (Phi) is 4.05. The quantitative estimate of drug-likeness (QED) is 0.883. The van der Waals surface area contributed by atoms with Crippen LogP contribution in [0.4, 0.5) is 0 Å². The third kappa shape index (κ3) is 3.10. The molecule has 2 atom stereocenters. The zero-order chi connectivity index (χ0) is 13.2. The smallest absolute Gasteiger partial charge is 0.0624 e. The SMILES string of the molecule is Cc1ccc(CN(C)CC2(C)COCC2N)cc1. The number of benzene rings is 1. The van der Waals surface area contributed by atoms with Crippen LogP contribution in [0.25, 0.3) is 0 Å². The lowest BCUT2D eigenvalue weighted by molar-refractivity contribution is 0.128. The van der Waals surface area contributed by atoms with Crippen LogP contribution in [0.15, 0.2) is 24.3 Å². The molecule has 0 amide bonds. The van der Waals surface area contributed by atoms with Crippen molar-refractivity contribution in [2.24, 2.45) is 11.1 Å². The van der Waals surface area contributed by atoms with Gasteiger partial charge in [0.15, 0.2) is 0 Å². The first-order valence-electron chi connectivity index (χ1n) is 6.57. The van der Waals surface area contributed by atoms with Crippen LogP contribution in [0.5, 0.6) is 0 Å². The van der Waals surface area contributed by atoms with Gasteiger partial charge in [0.25, 0.3) is 0 Å². The van der Waals surface area contributed by atoms with Gasteiger partial charge >= 0.3 is 0 Å². The maximum absolute atomic E-state index is 6.12. The summed E-state index contributed by atoms with van der Waals surface area (Å²) in [6.45, 7) is 7.73. The van der Waals surface area contributed by atoms with Crippen LogP contribution in [0, 0.1) is 12.3 Å². The van der Waals surface area contributed by atoms with E-state index in [4.69, 9.17) is 10.5 Å². The lowest BCUT2D eigenvalue weighted by atomic mass is 9.85. The van der Waals surface area contributed by atoms with Gasteiger partial charge in [-0.1, -0.05) is 36.8 Å². The van der Waals surface area contributed by atoms with E-state index >= 15 is 0 Å². The number of rotatable bonds is 4. The molecule has 3 nitrogen and oxygen atoms in total. The van der Waals surface area contributed by atoms with Gasteiger partial charge in [-0.25, -0.2) is 0 Å². The van der Waals surface area contributed by atoms with E-state index in [2.05, 4.69) is 50.1 Å². The average Bonchev–Trinajstić information content (AvgIpc) is 2.62. The van der Waals surface area contributed by atoms with E-state index in [1.807, 2.05) is 0 Å². The lowest BCUT2D eigenvalue weighted by Gasteiger charge is -2.32. The zero-order valence-corrected chi connectivity index (χ0v) is 11.6. The fourth-order valence-corrected chi connectivity index (χ4v) is 2.57. The topological polar surface area (TPSA) is 38.5 Å². The Labute approximate surface area is 110 Å². The van der Waals surface area contributed by atoms with Crippen LogP contribution >= 0.6 is 0 Å². The van der Waals surface area contributed by atoms with Crippen LogP contribution in [0.2, 0.25) is 0 Å². The third-order valence-corrected chi connectivity index (χ3v) is 3.83. The van der Waals surface area contributed by atoms with Crippen LogP contribution in [0.3, 0.4) is 0 Å². The molecule has 1 aliphatic rings. The fraction of sp³-hybridized carbons (Fsp3) is 0.600. The van der Waals surface area contributed by atoms with Gasteiger partial charge in [-0.05, 0) is 19.5 Å². The summed E-state index contributed by atoms with van der Waals surface area (Å²) in [6, 6.07) is 8.86. The van der Waals surface area contributed by atoms with Crippen molar-refractivity contribution in [2.75, 3.05) is 26.8 Å². The molecule has 1 aromatic rings. The maximum atomic E-state index is 6.12. The molecule has 1 aromatic carbocycles. The molecule has 0 aromatic heterocycles. The van der Waals surface area contributed by atoms with E-state index in [1.54, 1.807) is 0 Å². The van der Waals surface area contributed by atoms with E-state index in [-0.39, 0.29) is 11.5 Å². The van der Waals surface area contributed by atoms with Gasteiger partial charge in [-0.2, -0.15) is 0 Å². The molecular weight excluding hydrogens is 224 g/mol. The Morgan fingerprint density at radius 1 is 1.39 bits per heavy atom. The molecule has 0 bridgehead atoms. The van der Waals surface area contributed by atoms with Gasteiger partial charge in [0.1, 0.15) is 0 Å². The second kappa shape index (κ2) is 5.39. The molecule has 2 N–H and O–H groups in total. The lowest BCUT2D eigenvalue weighted by Crippen LogP contribution is -2.45. The second-order valence-electron chi connectivity index (χ2n) is 5.93. The summed E-state index contributed by atoms with van der Waals surface area (Å²) in [7, 11) is 2.15. The van der Waals surface area contributed by atoms with E-state index in [1.165, 1.54) is 11.1 Å². The molecular formula is C15H24N2O. The van der Waals surface area contributed by atoms with Crippen molar-refractivity contribution < 1.29 is 4.74 Å². The molecule has 2 unspecified atom stereocenters. The van der Waals surface area contributed by atoms with Crippen molar-refractivity contribution >= 4 is 0 Å². The first-order valence-corrected chi connectivity index (χ1v) is 6.57. The third-order valence-electron chi connectivity index (χ3n) is 3.83. The Bertz CT molecular complexity index is 390. The average molecular weight is 248 g/mol. The molecule has 0 aliphatic carbocycles. The number of ether oxygens (including phenoxy) is 1. The minimum atomic E-state index is 0.0828. The van der Waals surface area contributed by atoms with Gasteiger partial charge in [0.05, 0.1) is 13.2 Å². The molecule has 0 radical (unpaired) electrons. The summed E-state index contributed by atoms with van der Waals surface area (Å²) in [5.41, 5.74) is 8.86. The summed E-state index contributed by atoms with van der Waals surface area (Å²) < 4.78 is 5.49. The Morgan fingerprint density at radius 3 is 2.61 bits per heavy atom. The predicted molar refractivity (Wildman–Crippen MR) is 74.4 cm³/mol. The largest absolute Gasteiger partial charge is 0.379 e. The first-order chi connectivity index (χ1) is 8.49. The standard InChI is InChI=1S/C15H24N2O/c1-12-4-6-13(7-5-12)8-17(3)10-15(2)11-18-9-14(15)16/h4-7,14H,8-11,16H2,1-3H3. The van der Waals surface area contributed by atoms with Crippen molar-refractivity contribution in [3.8, 4) is 0 Å². The molecule has 2 rings (SSSR count). The van der Waals surface area contributed by atoms with Crippen molar-refractivity contribution in [2.45, 2.75) is 26.4 Å². The van der Waals surface area contributed by atoms with Crippen molar-refractivity contribution in [3.05, 3.63) is 35.4 Å². The van der Waals surface area contributed by atoms with E-state index < -0.39 is 0 Å². The number of nitrogens with two attached hydrogens (primary N) is 1. The van der Waals surface area contributed by atoms with Crippen molar-refractivity contribution in [3.63, 3.8) is 0 Å². The van der Waals surface area contributed by atoms with Gasteiger partial charge in [-0.15, -0.1) is 0 Å². The molecule has 3 heteroatoms. The van der Waals surface area contributed by atoms with Gasteiger partial charge in [0.2, 0.25) is 0 Å². The van der Waals surface area contributed by atoms with Gasteiger partial charge in [-0.3, -0.25) is 0 Å². The van der Waals surface area contributed by atoms with Crippen molar-refractivity contribution in [1.29, 1.82) is 0 Å². The van der Waals surface area contributed by atoms with Gasteiger partial charge < -0.3 is 15.4 Å². The predicted octanol–water partition coefficient (Wildman–Crippen LogP) is 1.79. The molecule has 1 heterocycles. The highest BCUT2D eigenvalue weighted by atomic mass is 16.5. The minimum absolute atomic E-state index is 0.0828. The summed E-state index contributed by atoms with van der Waals surface area (Å²) >= 11 is 0. The molecule has 0 spiro atoms. The fourth-order valence-electron chi connectivity index (χ4n) is 2.57. The maximum Gasteiger partial charge on any atom is 0.0624 e. The summed E-state index contributed by atoms with van der Waals surface area (Å²) in [6.07, 6.45) is 0. The van der Waals surface area contributed by atoms with E-state index in [0.29, 0.717) is 6.61 Å². The second-order valence-corrected chi connectivity index (χ2v) is 5.93. The van der Waals surface area contributed by atoms with Crippen molar-refractivity contribution in [1.82, 2.24) is 4.90 Å². The summed E-state index contributed by atoms with van der Waals surface area (Å²) in [5, 5.41) is 0. The molecule has 0 saturated carbocycles. The van der Waals surface area contributed by atoms with Crippen LogP contribution in [-0.4, -0.2) is 37.7 Å². The molecule has 18 heavy (non-hydrogen) atoms. The highest BCUT2D eigenvalue weighted by Crippen LogP contribution is 2.28. The molecule has 1 aliphatic heterocycles. The first kappa shape index (κ1) is 13.5. The minimum Gasteiger partial charge on any atom is -0.379 e. The molecule has 100 valence electrons. The Morgan fingerprint density at radius 2 is 2.06 bits per heavy atom. The van der Waals surface area contributed by atoms with Crippen LogP contribution in [0.1, 0.15) is 18.1 Å². The normalized spacial score (nSPS) is 27.9. The van der Waals surface area contributed by atoms with E-state index in [9.17, 15) is 0 Å². The number of aryl methyl sites for hydroxylation is 1. The number of nitrogens with zero attached hydrogens (tertiary/aromatic N) is 1. The molecule has 1 saturated heterocycles. The van der Waals surface area contributed by atoms with Crippen LogP contribution < -0.4 is 5.73 Å². The highest BCUT2D eigenvalue weighted by molar-refractivity contribution is 5.21. The van der Waals surface area contributed by atoms with Crippen LogP contribution in [-0.2, 0) is 11.3 Å². The summed E-state index contributed by atoms with van der Waals surface area (Å²) in [4.78, 5) is 2.33. The molecule has 1 fully saturated rings. The monoisotopic (exact) mass is 248 g/mol. The number of hydrogen-bond acceptors (Lipinski definition) is 3. The Hall–Kier alpha value is -0.900. The zero-order valence-electron chi connectivity index (χ0n) is 11.6. The summed E-state index contributed by atoms with van der Waals surface area (Å²) in [5.74, 6) is 0. The highest BCUT2D eigenvalue weighted by Gasteiger charge is 2.38. The van der Waals surface area contributed by atoms with E-state index in [0.717, 1.165) is 19.7 Å². The Balaban J connectivity index is 1.92.